The van der Waals surface area contributed by atoms with E-state index < -0.39 is 12.0 Å². The van der Waals surface area contributed by atoms with Gasteiger partial charge in [-0.25, -0.2) is 0 Å². The van der Waals surface area contributed by atoms with Crippen LogP contribution in [0.1, 0.15) is 50.4 Å². The summed E-state index contributed by atoms with van der Waals surface area (Å²) < 4.78 is 0. The monoisotopic (exact) mass is 312 g/mol. The highest BCUT2D eigenvalue weighted by atomic mass is 16.4. The summed E-state index contributed by atoms with van der Waals surface area (Å²) in [5.41, 5.74) is 4.63. The molecule has 0 fully saturated rings. The minimum atomic E-state index is -0.781. The van der Waals surface area contributed by atoms with E-state index in [-0.39, 0.29) is 6.04 Å². The Kier molecular flexibility index (Phi) is 4.53. The molecule has 4 heteroatoms. The van der Waals surface area contributed by atoms with Crippen LogP contribution in [0.15, 0.2) is 35.9 Å². The molecule has 0 amide bonds. The molecule has 122 valence electrons. The third kappa shape index (κ3) is 2.91. The maximum Gasteiger partial charge on any atom is 0.321 e. The molecule has 2 heterocycles. The van der Waals surface area contributed by atoms with Gasteiger partial charge in [0.05, 0.1) is 6.04 Å². The number of carboxylic acids is 1. The van der Waals surface area contributed by atoms with Crippen LogP contribution < -0.4 is 5.32 Å². The first-order valence-corrected chi connectivity index (χ1v) is 8.42. The van der Waals surface area contributed by atoms with E-state index in [0.717, 1.165) is 41.4 Å². The number of benzene rings is 1. The minimum Gasteiger partial charge on any atom is -0.480 e. The number of aromatic nitrogens is 1. The number of fused-ring (bicyclic) bond motifs is 3. The Morgan fingerprint density at radius 1 is 1.35 bits per heavy atom. The van der Waals surface area contributed by atoms with Crippen molar-refractivity contribution in [2.45, 2.75) is 51.6 Å². The highest BCUT2D eigenvalue weighted by Crippen LogP contribution is 2.36. The zero-order valence-electron chi connectivity index (χ0n) is 13.7. The van der Waals surface area contributed by atoms with Gasteiger partial charge in [-0.3, -0.25) is 10.1 Å². The zero-order chi connectivity index (χ0) is 16.4. The van der Waals surface area contributed by atoms with Crippen LogP contribution >= 0.6 is 0 Å². The lowest BCUT2D eigenvalue weighted by Gasteiger charge is -2.31. The fourth-order valence-corrected chi connectivity index (χ4v) is 3.48. The Balaban J connectivity index is 2.11. The van der Waals surface area contributed by atoms with Gasteiger partial charge in [-0.1, -0.05) is 50.1 Å². The molecule has 0 saturated carbocycles. The van der Waals surface area contributed by atoms with Gasteiger partial charge >= 0.3 is 5.97 Å². The van der Waals surface area contributed by atoms with E-state index in [1.54, 1.807) is 0 Å². The second-order valence-corrected chi connectivity index (χ2v) is 6.18. The first-order chi connectivity index (χ1) is 11.2. The second kappa shape index (κ2) is 6.59. The van der Waals surface area contributed by atoms with Crippen molar-refractivity contribution in [3.8, 4) is 0 Å². The summed E-state index contributed by atoms with van der Waals surface area (Å²) in [5, 5.41) is 14.0. The number of allylic oxidation sites excluding steroid dienone is 1. The Morgan fingerprint density at radius 3 is 2.83 bits per heavy atom. The molecule has 23 heavy (non-hydrogen) atoms. The van der Waals surface area contributed by atoms with Gasteiger partial charge in [0.25, 0.3) is 0 Å². The first-order valence-electron chi connectivity index (χ1n) is 8.42. The number of unbranched alkanes of at least 4 members (excludes halogenated alkanes) is 1. The van der Waals surface area contributed by atoms with Crippen molar-refractivity contribution >= 4 is 16.9 Å². The summed E-state index contributed by atoms with van der Waals surface area (Å²) in [5.74, 6) is -0.781. The molecule has 0 radical (unpaired) electrons. The van der Waals surface area contributed by atoms with Gasteiger partial charge < -0.3 is 10.1 Å². The number of hydrogen-bond donors (Lipinski definition) is 3. The van der Waals surface area contributed by atoms with Gasteiger partial charge in [0.15, 0.2) is 0 Å². The van der Waals surface area contributed by atoms with Gasteiger partial charge in [-0.05, 0) is 24.5 Å². The molecular weight excluding hydrogens is 288 g/mol. The van der Waals surface area contributed by atoms with Crippen LogP contribution in [0.4, 0.5) is 0 Å². The number of H-pyrrole nitrogens is 1. The molecule has 2 aromatic rings. The number of carboxylic acid groups (broad SMARTS) is 1. The topological polar surface area (TPSA) is 65.1 Å². The average molecular weight is 312 g/mol. The average Bonchev–Trinajstić information content (AvgIpc) is 2.94. The Morgan fingerprint density at radius 2 is 2.13 bits per heavy atom. The van der Waals surface area contributed by atoms with E-state index in [2.05, 4.69) is 42.4 Å². The van der Waals surface area contributed by atoms with Crippen molar-refractivity contribution in [1.82, 2.24) is 10.3 Å². The number of nitrogens with one attached hydrogen (secondary N) is 2. The molecule has 0 unspecified atom stereocenters. The zero-order valence-corrected chi connectivity index (χ0v) is 13.7. The molecule has 1 aromatic heterocycles. The third-order valence-corrected chi connectivity index (χ3v) is 4.68. The summed E-state index contributed by atoms with van der Waals surface area (Å²) >= 11 is 0. The van der Waals surface area contributed by atoms with Crippen molar-refractivity contribution in [3.05, 3.63) is 47.2 Å². The van der Waals surface area contributed by atoms with E-state index in [4.69, 9.17) is 0 Å². The van der Waals surface area contributed by atoms with E-state index in [0.29, 0.717) is 6.42 Å². The molecule has 3 rings (SSSR count). The molecule has 3 N–H and O–H groups in total. The molecule has 0 bridgehead atoms. The summed E-state index contributed by atoms with van der Waals surface area (Å²) in [7, 11) is 0. The van der Waals surface area contributed by atoms with E-state index >= 15 is 0 Å². The van der Waals surface area contributed by atoms with Crippen LogP contribution in [0.2, 0.25) is 0 Å². The van der Waals surface area contributed by atoms with Gasteiger partial charge in [0.1, 0.15) is 6.04 Å². The minimum absolute atomic E-state index is 0.0381. The van der Waals surface area contributed by atoms with Crippen LogP contribution in [-0.4, -0.2) is 22.1 Å². The maximum atomic E-state index is 11.6. The van der Waals surface area contributed by atoms with Crippen LogP contribution in [-0.2, 0) is 11.2 Å². The molecular formula is C19H24N2O2. The normalized spacial score (nSPS) is 21.4. The molecule has 0 saturated heterocycles. The van der Waals surface area contributed by atoms with Crippen molar-refractivity contribution in [1.29, 1.82) is 0 Å². The van der Waals surface area contributed by atoms with E-state index in [1.807, 2.05) is 12.1 Å². The lowest BCUT2D eigenvalue weighted by atomic mass is 9.89. The summed E-state index contributed by atoms with van der Waals surface area (Å²) in [6.45, 7) is 4.29. The standard InChI is InChI=1S/C19H24N2O2/c1-3-5-8-12(4-2)17-18-14(11-16(21-17)19(22)23)13-9-6-7-10-15(13)20-18/h6-10,16-17,20-21H,3-5,11H2,1-2H3,(H,22,23)/b12-8+/t16-,17-/m0/s1. The Bertz CT molecular complexity index is 745. The second-order valence-electron chi connectivity index (χ2n) is 6.18. The molecule has 2 atom stereocenters. The third-order valence-electron chi connectivity index (χ3n) is 4.68. The quantitative estimate of drug-likeness (QED) is 0.733. The number of aliphatic carboxylic acids is 1. The largest absolute Gasteiger partial charge is 0.480 e. The van der Waals surface area contributed by atoms with Gasteiger partial charge in [-0.2, -0.15) is 0 Å². The van der Waals surface area contributed by atoms with Gasteiger partial charge in [0.2, 0.25) is 0 Å². The number of aromatic amines is 1. The SMILES string of the molecule is CCC/C=C(\CC)[C@@H]1N[C@H](C(=O)O)Cc2c1[nH]c1ccccc21. The Hall–Kier alpha value is -2.07. The maximum absolute atomic E-state index is 11.6. The summed E-state index contributed by atoms with van der Waals surface area (Å²) in [6, 6.07) is 7.58. The predicted octanol–water partition coefficient (Wildman–Crippen LogP) is 3.94. The summed E-state index contributed by atoms with van der Waals surface area (Å²) in [6.07, 6.45) is 5.82. The van der Waals surface area contributed by atoms with Crippen molar-refractivity contribution in [2.24, 2.45) is 0 Å². The predicted molar refractivity (Wildman–Crippen MR) is 92.6 cm³/mol. The van der Waals surface area contributed by atoms with E-state index in [1.165, 1.54) is 5.57 Å². The number of hydrogen-bond acceptors (Lipinski definition) is 2. The Labute approximate surface area is 136 Å². The van der Waals surface area contributed by atoms with E-state index in [9.17, 15) is 9.90 Å². The molecule has 1 aliphatic rings. The molecule has 1 aliphatic heterocycles. The first kappa shape index (κ1) is 15.8. The van der Waals surface area contributed by atoms with Crippen molar-refractivity contribution in [3.63, 3.8) is 0 Å². The molecule has 0 aliphatic carbocycles. The smallest absolute Gasteiger partial charge is 0.321 e. The number of rotatable bonds is 5. The number of carbonyl (C=O) groups is 1. The van der Waals surface area contributed by atoms with Crippen LogP contribution in [0, 0.1) is 0 Å². The van der Waals surface area contributed by atoms with Crippen molar-refractivity contribution < 1.29 is 9.90 Å². The molecule has 1 aromatic carbocycles. The van der Waals surface area contributed by atoms with Crippen molar-refractivity contribution in [2.75, 3.05) is 0 Å². The summed E-state index contributed by atoms with van der Waals surface area (Å²) in [4.78, 5) is 15.1. The highest BCUT2D eigenvalue weighted by molar-refractivity contribution is 5.87. The fraction of sp³-hybridized carbons (Fsp3) is 0.421. The van der Waals surface area contributed by atoms with Crippen LogP contribution in [0.5, 0.6) is 0 Å². The number of para-hydroxylation sites is 1. The van der Waals surface area contributed by atoms with Gasteiger partial charge in [-0.15, -0.1) is 0 Å². The lowest BCUT2D eigenvalue weighted by Crippen LogP contribution is -2.45. The highest BCUT2D eigenvalue weighted by Gasteiger charge is 2.34. The van der Waals surface area contributed by atoms with Crippen LogP contribution in [0.3, 0.4) is 0 Å². The van der Waals surface area contributed by atoms with Crippen LogP contribution in [0.25, 0.3) is 10.9 Å². The van der Waals surface area contributed by atoms with Gasteiger partial charge in [0, 0.05) is 23.0 Å². The lowest BCUT2D eigenvalue weighted by molar-refractivity contribution is -0.139. The fourth-order valence-electron chi connectivity index (χ4n) is 3.48. The molecule has 0 spiro atoms. The molecule has 4 nitrogen and oxygen atoms in total.